The molecule has 4 aromatic rings. The summed E-state index contributed by atoms with van der Waals surface area (Å²) < 4.78 is 50.5. The van der Waals surface area contributed by atoms with Gasteiger partial charge in [0.2, 0.25) is 5.88 Å². The summed E-state index contributed by atoms with van der Waals surface area (Å²) in [4.78, 5) is 18.5. The molecule has 0 amide bonds. The van der Waals surface area contributed by atoms with E-state index in [-0.39, 0.29) is 81.6 Å². The largest absolute Gasteiger partial charge is 0.508 e. The Balaban J connectivity index is 1.23. The number of aliphatic hydroxyl groups is 1. The second kappa shape index (κ2) is 12.9. The van der Waals surface area contributed by atoms with Gasteiger partial charge in [-0.2, -0.15) is 15.2 Å². The van der Waals surface area contributed by atoms with Gasteiger partial charge in [-0.25, -0.2) is 13.8 Å². The van der Waals surface area contributed by atoms with E-state index in [0.29, 0.717) is 30.6 Å². The number of nitriles is 1. The number of phenolic OH excluding ortho intramolecular Hbond substituents is 1. The van der Waals surface area contributed by atoms with Crippen LogP contribution in [0, 0.1) is 33.8 Å². The monoisotopic (exact) mass is 714 g/mol. The normalized spacial score (nSPS) is 29.4. The van der Waals surface area contributed by atoms with E-state index in [9.17, 15) is 15.5 Å². The van der Waals surface area contributed by atoms with Crippen molar-refractivity contribution in [1.29, 1.82) is 5.26 Å². The molecule has 2 aromatic carbocycles. The first-order valence-corrected chi connectivity index (χ1v) is 18.1. The summed E-state index contributed by atoms with van der Waals surface area (Å²) >= 11 is 0. The molecule has 2 saturated carbocycles. The number of hydrogen-bond acceptors (Lipinski definition) is 11. The highest BCUT2D eigenvalue weighted by atomic mass is 19.1. The van der Waals surface area contributed by atoms with Crippen molar-refractivity contribution in [3.63, 3.8) is 0 Å². The lowest BCUT2D eigenvalue weighted by Gasteiger charge is -2.54. The molecule has 2 N–H and O–H groups in total. The van der Waals surface area contributed by atoms with Gasteiger partial charge in [-0.15, -0.1) is 0 Å². The van der Waals surface area contributed by atoms with Gasteiger partial charge in [0.25, 0.3) is 0 Å². The first kappa shape index (κ1) is 34.7. The highest BCUT2D eigenvalue weighted by Gasteiger charge is 2.54. The van der Waals surface area contributed by atoms with E-state index in [1.165, 1.54) is 31.4 Å². The van der Waals surface area contributed by atoms with Crippen LogP contribution in [0.5, 0.6) is 17.6 Å². The fourth-order valence-electron chi connectivity index (χ4n) is 9.35. The van der Waals surface area contributed by atoms with Crippen LogP contribution in [0.4, 0.5) is 14.6 Å². The number of phenols is 1. The van der Waals surface area contributed by atoms with Crippen molar-refractivity contribution < 1.29 is 33.2 Å². The van der Waals surface area contributed by atoms with E-state index < -0.39 is 17.2 Å². The number of aromatic hydroxyl groups is 1. The molecule has 11 nitrogen and oxygen atoms in total. The topological polar surface area (TPSA) is 137 Å². The van der Waals surface area contributed by atoms with Crippen LogP contribution < -0.4 is 14.4 Å². The first-order chi connectivity index (χ1) is 24.9. The number of ether oxygens (including phenoxy) is 3. The fraction of sp³-hybridized carbons (Fsp3) is 0.538. The highest BCUT2D eigenvalue weighted by Crippen LogP contribution is 2.53. The maximum Gasteiger partial charge on any atom is 0.319 e. The molecule has 2 aliphatic heterocycles. The molecule has 274 valence electrons. The molecule has 0 bridgehead atoms. The molecule has 13 heteroatoms. The molecule has 0 spiro atoms. The number of piperidine rings is 1. The lowest BCUT2D eigenvalue weighted by molar-refractivity contribution is -0.0629. The number of rotatable bonds is 7. The number of methoxy groups -OCH3 is 1. The zero-order chi connectivity index (χ0) is 36.4. The minimum atomic E-state index is -1.24. The molecule has 2 aliphatic carbocycles. The Morgan fingerprint density at radius 1 is 1.08 bits per heavy atom. The van der Waals surface area contributed by atoms with E-state index in [1.54, 1.807) is 17.9 Å². The zero-order valence-electron chi connectivity index (χ0n) is 29.8. The van der Waals surface area contributed by atoms with Crippen LogP contribution >= 0.6 is 0 Å². The number of anilines is 1. The van der Waals surface area contributed by atoms with Crippen molar-refractivity contribution >= 4 is 27.5 Å². The van der Waals surface area contributed by atoms with Crippen LogP contribution in [0.15, 0.2) is 30.3 Å². The van der Waals surface area contributed by atoms with Crippen molar-refractivity contribution in [1.82, 2.24) is 19.9 Å². The van der Waals surface area contributed by atoms with Gasteiger partial charge in [0.15, 0.2) is 5.82 Å². The van der Waals surface area contributed by atoms with E-state index >= 15 is 8.78 Å². The number of pyridine rings is 1. The predicted molar refractivity (Wildman–Crippen MR) is 190 cm³/mol. The molecule has 52 heavy (non-hydrogen) atoms. The van der Waals surface area contributed by atoms with E-state index in [0.717, 1.165) is 51.5 Å². The van der Waals surface area contributed by atoms with Crippen molar-refractivity contribution in [3.8, 4) is 35.0 Å². The number of likely N-dealkylation sites (tertiary alicyclic amines) is 1. The second-order valence-electron chi connectivity index (χ2n) is 15.8. The van der Waals surface area contributed by atoms with Crippen molar-refractivity contribution in [2.45, 2.75) is 76.5 Å². The van der Waals surface area contributed by atoms with Crippen molar-refractivity contribution in [3.05, 3.63) is 42.0 Å². The van der Waals surface area contributed by atoms with Crippen LogP contribution in [0.3, 0.4) is 0 Å². The van der Waals surface area contributed by atoms with Gasteiger partial charge in [-0.3, -0.25) is 4.90 Å². The molecular formula is C39H44F2N6O5. The predicted octanol–water partition coefficient (Wildman–Crippen LogP) is 6.13. The maximum atomic E-state index is 17.1. The number of benzene rings is 2. The van der Waals surface area contributed by atoms with E-state index in [4.69, 9.17) is 19.2 Å². The van der Waals surface area contributed by atoms with Gasteiger partial charge in [-0.05, 0) is 82.5 Å². The molecule has 8 rings (SSSR count). The van der Waals surface area contributed by atoms with Crippen molar-refractivity contribution in [2.24, 2.45) is 10.8 Å². The van der Waals surface area contributed by atoms with Gasteiger partial charge in [0, 0.05) is 35.0 Å². The Hall–Kier alpha value is -4.38. The average Bonchev–Trinajstić information content (AvgIpc) is 3.46. The molecular weight excluding hydrogens is 670 g/mol. The molecule has 2 aromatic heterocycles. The van der Waals surface area contributed by atoms with Crippen LogP contribution in [-0.4, -0.2) is 94.3 Å². The third-order valence-electron chi connectivity index (χ3n) is 11.8. The van der Waals surface area contributed by atoms with Gasteiger partial charge in [0.1, 0.15) is 39.6 Å². The molecule has 2 saturated heterocycles. The van der Waals surface area contributed by atoms with E-state index in [1.807, 2.05) is 6.92 Å². The minimum Gasteiger partial charge on any atom is -0.508 e. The Morgan fingerprint density at radius 2 is 1.88 bits per heavy atom. The molecule has 3 atom stereocenters. The maximum absolute atomic E-state index is 17.1. The summed E-state index contributed by atoms with van der Waals surface area (Å²) in [5.74, 6) is -1.38. The standard InChI is InChI=1S/C39H44F2N6O5/c1-37(19-42)17-24(18-37)47-12-6-11-39(10-5-9-28(39)47)22-52-36-44-33-30(34(45-36)46-13-14-51-21-38(2,49)20-46)35(50-3)43-32(31(33)41)26-16-25(48)15-23-7-4-8-27(40)29(23)26/h4,7-8,15-16,24,28,48-49H,5-6,9-14,17-18,20-22H2,1-3H3/t24?,28-,37?,38+,39-/m1/s1. The minimum absolute atomic E-state index is 0.00664. The molecule has 4 heterocycles. The average molecular weight is 715 g/mol. The van der Waals surface area contributed by atoms with Gasteiger partial charge >= 0.3 is 6.01 Å². The quantitative estimate of drug-likeness (QED) is 0.229. The Morgan fingerprint density at radius 3 is 2.67 bits per heavy atom. The number of aromatic nitrogens is 3. The SMILES string of the molecule is COc1nc(-c2cc(O)cc3cccc(F)c23)c(F)c2nc(OC[C@]34CCC[C@H]3N(C3CC(C)(C#N)C3)CCC4)nc(N3CCOC[C@@](C)(O)C3)c12. The smallest absolute Gasteiger partial charge is 0.319 e. The van der Waals surface area contributed by atoms with Crippen molar-refractivity contribution in [2.75, 3.05) is 51.5 Å². The van der Waals surface area contributed by atoms with Crippen LogP contribution in [0.1, 0.15) is 58.8 Å². The van der Waals surface area contributed by atoms with E-state index in [2.05, 4.69) is 20.9 Å². The van der Waals surface area contributed by atoms with Gasteiger partial charge in [-0.1, -0.05) is 18.6 Å². The third-order valence-corrected chi connectivity index (χ3v) is 11.8. The second-order valence-corrected chi connectivity index (χ2v) is 15.8. The Kier molecular flexibility index (Phi) is 8.63. The lowest BCUT2D eigenvalue weighted by Crippen LogP contribution is -2.60. The molecule has 4 aliphatic rings. The summed E-state index contributed by atoms with van der Waals surface area (Å²) in [7, 11) is 1.40. The summed E-state index contributed by atoms with van der Waals surface area (Å²) in [5.41, 5.74) is -2.01. The zero-order valence-corrected chi connectivity index (χ0v) is 29.8. The molecule has 4 fully saturated rings. The Bertz CT molecular complexity index is 2080. The van der Waals surface area contributed by atoms with Crippen LogP contribution in [-0.2, 0) is 4.74 Å². The Labute approximate surface area is 301 Å². The number of β-amino-alcohol motifs (C(OH)–C–C–N with tert-alkyl or cyclic N) is 1. The summed E-state index contributed by atoms with van der Waals surface area (Å²) in [6, 6.07) is 10.2. The number of nitrogens with zero attached hydrogens (tertiary/aromatic N) is 6. The summed E-state index contributed by atoms with van der Waals surface area (Å²) in [6.07, 6.45) is 6.83. The van der Waals surface area contributed by atoms with Crippen LogP contribution in [0.2, 0.25) is 0 Å². The highest BCUT2D eigenvalue weighted by molar-refractivity contribution is 6.02. The number of hydrogen-bond donors (Lipinski definition) is 2. The fourth-order valence-corrected chi connectivity index (χ4v) is 9.35. The lowest BCUT2D eigenvalue weighted by atomic mass is 9.65. The third kappa shape index (κ3) is 5.94. The van der Waals surface area contributed by atoms with Crippen LogP contribution in [0.25, 0.3) is 32.9 Å². The molecule has 0 unspecified atom stereocenters. The summed E-state index contributed by atoms with van der Waals surface area (Å²) in [5, 5.41) is 32.0. The molecule has 0 radical (unpaired) electrons. The number of fused-ring (bicyclic) bond motifs is 3. The first-order valence-electron chi connectivity index (χ1n) is 18.1. The number of halogens is 2. The van der Waals surface area contributed by atoms with Gasteiger partial charge < -0.3 is 29.3 Å². The summed E-state index contributed by atoms with van der Waals surface area (Å²) in [6.45, 7) is 5.88. The van der Waals surface area contributed by atoms with Gasteiger partial charge in [0.05, 0.1) is 45.0 Å².